The fourth-order valence-corrected chi connectivity index (χ4v) is 4.76. The summed E-state index contributed by atoms with van der Waals surface area (Å²) in [5.41, 5.74) is 0.888. The van der Waals surface area contributed by atoms with Crippen LogP contribution in [0.2, 0.25) is 5.15 Å². The summed E-state index contributed by atoms with van der Waals surface area (Å²) in [6.45, 7) is 6.99. The molecule has 3 rings (SSSR count). The van der Waals surface area contributed by atoms with Crippen LogP contribution in [0.25, 0.3) is 0 Å². The second kappa shape index (κ2) is 4.95. The van der Waals surface area contributed by atoms with E-state index in [2.05, 4.69) is 47.0 Å². The molecule has 1 heterocycles. The lowest BCUT2D eigenvalue weighted by Crippen LogP contribution is -2.47. The van der Waals surface area contributed by atoms with Crippen molar-refractivity contribution in [3.63, 3.8) is 0 Å². The quantitative estimate of drug-likeness (QED) is 0.781. The molecule has 0 aliphatic heterocycles. The van der Waals surface area contributed by atoms with Crippen LogP contribution in [0.15, 0.2) is 16.7 Å². The van der Waals surface area contributed by atoms with Crippen LogP contribution >= 0.6 is 27.5 Å². The molecule has 2 aliphatic rings. The van der Waals surface area contributed by atoms with Crippen molar-refractivity contribution in [1.29, 1.82) is 0 Å². The van der Waals surface area contributed by atoms with E-state index >= 15 is 0 Å². The Kier molecular flexibility index (Phi) is 3.61. The first-order valence-corrected chi connectivity index (χ1v) is 8.55. The van der Waals surface area contributed by atoms with Crippen LogP contribution in [0.4, 0.5) is 0 Å². The van der Waals surface area contributed by atoms with Gasteiger partial charge in [-0.25, -0.2) is 4.98 Å². The van der Waals surface area contributed by atoms with Crippen LogP contribution in [0.5, 0.6) is 0 Å². The molecule has 1 aromatic heterocycles. The van der Waals surface area contributed by atoms with Gasteiger partial charge in [-0.05, 0) is 58.0 Å². The fraction of sp³-hybridized carbons (Fsp3) is 0.625. The number of hydrogen-bond donors (Lipinski definition) is 1. The van der Waals surface area contributed by atoms with Crippen LogP contribution in [-0.4, -0.2) is 16.9 Å². The van der Waals surface area contributed by atoms with Crippen molar-refractivity contribution in [3.05, 3.63) is 27.5 Å². The van der Waals surface area contributed by atoms with Crippen molar-refractivity contribution in [2.24, 2.45) is 16.7 Å². The van der Waals surface area contributed by atoms with Gasteiger partial charge in [0.2, 0.25) is 0 Å². The monoisotopic (exact) mass is 370 g/mol. The minimum Gasteiger partial charge on any atom is -0.349 e. The maximum Gasteiger partial charge on any atom is 0.254 e. The highest BCUT2D eigenvalue weighted by Gasteiger charge is 2.61. The lowest BCUT2D eigenvalue weighted by atomic mass is 9.69. The Morgan fingerprint density at radius 3 is 2.76 bits per heavy atom. The number of nitrogens with zero attached hydrogens (tertiary/aromatic N) is 1. The Hall–Kier alpha value is -0.610. The van der Waals surface area contributed by atoms with E-state index in [1.807, 2.05) is 0 Å². The second-order valence-electron chi connectivity index (χ2n) is 7.13. The molecule has 3 atom stereocenters. The molecule has 0 aromatic carbocycles. The molecule has 2 bridgehead atoms. The molecule has 1 aromatic rings. The first kappa shape index (κ1) is 15.3. The molecule has 114 valence electrons. The Bertz CT molecular complexity index is 604. The third-order valence-corrected chi connectivity index (χ3v) is 6.88. The zero-order valence-corrected chi connectivity index (χ0v) is 14.9. The van der Waals surface area contributed by atoms with E-state index in [1.165, 1.54) is 12.8 Å². The molecule has 3 nitrogen and oxygen atoms in total. The van der Waals surface area contributed by atoms with Gasteiger partial charge < -0.3 is 5.32 Å². The van der Waals surface area contributed by atoms with Gasteiger partial charge in [0.1, 0.15) is 5.15 Å². The maximum absolute atomic E-state index is 12.5. The lowest BCUT2D eigenvalue weighted by Gasteiger charge is -2.39. The molecule has 3 unspecified atom stereocenters. The zero-order valence-electron chi connectivity index (χ0n) is 12.5. The van der Waals surface area contributed by atoms with Crippen molar-refractivity contribution in [2.75, 3.05) is 0 Å². The number of hydrogen-bond acceptors (Lipinski definition) is 2. The van der Waals surface area contributed by atoms with E-state index in [0.717, 1.165) is 10.9 Å². The second-order valence-corrected chi connectivity index (χ2v) is 8.40. The summed E-state index contributed by atoms with van der Waals surface area (Å²) < 4.78 is 0.761. The van der Waals surface area contributed by atoms with Crippen molar-refractivity contribution in [2.45, 2.75) is 46.1 Å². The summed E-state index contributed by atoms with van der Waals surface area (Å²) in [6, 6.07) is 1.94. The van der Waals surface area contributed by atoms with Crippen molar-refractivity contribution in [3.8, 4) is 0 Å². The normalized spacial score (nSPS) is 33.2. The van der Waals surface area contributed by atoms with Crippen LogP contribution in [0.1, 0.15) is 50.4 Å². The number of rotatable bonds is 2. The minimum absolute atomic E-state index is 0.122. The van der Waals surface area contributed by atoms with E-state index in [1.54, 1.807) is 12.3 Å². The number of halogens is 2. The zero-order chi connectivity index (χ0) is 15.4. The number of amides is 1. The molecule has 1 amide bonds. The predicted molar refractivity (Wildman–Crippen MR) is 87.4 cm³/mol. The van der Waals surface area contributed by atoms with Crippen molar-refractivity contribution < 1.29 is 4.79 Å². The predicted octanol–water partition coefficient (Wildman–Crippen LogP) is 4.44. The van der Waals surface area contributed by atoms with Gasteiger partial charge in [-0.2, -0.15) is 0 Å². The Balaban J connectivity index is 1.82. The molecular formula is C16H20BrClN2O. The SMILES string of the molecule is CC1(C)C2CCC1(C)C(NC(=O)c1cc(Br)cnc1Cl)C2. The number of pyridine rings is 1. The number of carbonyl (C=O) groups excluding carboxylic acids is 1. The van der Waals surface area contributed by atoms with Gasteiger partial charge in [0, 0.05) is 16.7 Å². The van der Waals surface area contributed by atoms with Gasteiger partial charge in [0.15, 0.2) is 0 Å². The molecule has 5 heteroatoms. The maximum atomic E-state index is 12.5. The summed E-state index contributed by atoms with van der Waals surface area (Å²) in [4.78, 5) is 16.6. The molecule has 0 saturated heterocycles. The summed E-state index contributed by atoms with van der Waals surface area (Å²) in [7, 11) is 0. The van der Waals surface area contributed by atoms with E-state index in [4.69, 9.17) is 11.6 Å². The van der Waals surface area contributed by atoms with E-state index < -0.39 is 0 Å². The first-order chi connectivity index (χ1) is 9.75. The molecule has 0 spiro atoms. The largest absolute Gasteiger partial charge is 0.349 e. The van der Waals surface area contributed by atoms with Crippen LogP contribution < -0.4 is 5.32 Å². The third kappa shape index (κ3) is 2.22. The van der Waals surface area contributed by atoms with Crippen LogP contribution in [0, 0.1) is 16.7 Å². The Morgan fingerprint density at radius 1 is 1.48 bits per heavy atom. The summed E-state index contributed by atoms with van der Waals surface area (Å²) in [5.74, 6) is 0.576. The summed E-state index contributed by atoms with van der Waals surface area (Å²) in [6.07, 6.45) is 5.12. The smallest absolute Gasteiger partial charge is 0.254 e. The fourth-order valence-electron chi connectivity index (χ4n) is 4.24. The standard InChI is InChI=1S/C16H20BrClN2O/c1-15(2)9-4-5-16(15,3)12(6-9)20-14(21)11-7-10(17)8-19-13(11)18/h7-9,12H,4-6H2,1-3H3,(H,20,21). The molecule has 21 heavy (non-hydrogen) atoms. The Morgan fingerprint density at radius 2 is 2.19 bits per heavy atom. The number of aromatic nitrogens is 1. The van der Waals surface area contributed by atoms with Gasteiger partial charge in [-0.15, -0.1) is 0 Å². The lowest BCUT2D eigenvalue weighted by molar-refractivity contribution is 0.0826. The topological polar surface area (TPSA) is 42.0 Å². The summed E-state index contributed by atoms with van der Waals surface area (Å²) in [5, 5.41) is 3.46. The van der Waals surface area contributed by atoms with Crippen molar-refractivity contribution in [1.82, 2.24) is 10.3 Å². The molecule has 2 fully saturated rings. The summed E-state index contributed by atoms with van der Waals surface area (Å²) >= 11 is 9.39. The highest BCUT2D eigenvalue weighted by Crippen LogP contribution is 2.65. The van der Waals surface area contributed by atoms with Crippen molar-refractivity contribution >= 4 is 33.4 Å². The average Bonchev–Trinajstić information content (AvgIpc) is 2.74. The van der Waals surface area contributed by atoms with Gasteiger partial charge in [0.25, 0.3) is 5.91 Å². The number of fused-ring (bicyclic) bond motifs is 2. The van der Waals surface area contributed by atoms with E-state index in [0.29, 0.717) is 11.5 Å². The third-order valence-electron chi connectivity index (χ3n) is 6.15. The number of carbonyl (C=O) groups is 1. The molecule has 0 radical (unpaired) electrons. The molecule has 2 aliphatic carbocycles. The average molecular weight is 372 g/mol. The molecule has 1 N–H and O–H groups in total. The van der Waals surface area contributed by atoms with Gasteiger partial charge in [-0.3, -0.25) is 4.79 Å². The van der Waals surface area contributed by atoms with Gasteiger partial charge in [0.05, 0.1) is 5.56 Å². The Labute approximate surface area is 139 Å². The first-order valence-electron chi connectivity index (χ1n) is 7.37. The minimum atomic E-state index is -0.122. The van der Waals surface area contributed by atoms with E-state index in [9.17, 15) is 4.79 Å². The van der Waals surface area contributed by atoms with Crippen LogP contribution in [0.3, 0.4) is 0 Å². The number of nitrogens with one attached hydrogen (secondary N) is 1. The highest BCUT2D eigenvalue weighted by atomic mass is 79.9. The molecular weight excluding hydrogens is 352 g/mol. The van der Waals surface area contributed by atoms with Gasteiger partial charge in [-0.1, -0.05) is 32.4 Å². The van der Waals surface area contributed by atoms with Gasteiger partial charge >= 0.3 is 0 Å². The molecule has 2 saturated carbocycles. The van der Waals surface area contributed by atoms with Crippen LogP contribution in [-0.2, 0) is 0 Å². The van der Waals surface area contributed by atoms with E-state index in [-0.39, 0.29) is 27.9 Å². The highest BCUT2D eigenvalue weighted by molar-refractivity contribution is 9.10.